The summed E-state index contributed by atoms with van der Waals surface area (Å²) >= 11 is 5.76. The van der Waals surface area contributed by atoms with Crippen LogP contribution in [0.15, 0.2) is 59.5 Å². The van der Waals surface area contributed by atoms with Gasteiger partial charge in [-0.15, -0.1) is 0 Å². The smallest absolute Gasteiger partial charge is 0.243 e. The molecule has 10 heteroatoms. The van der Waals surface area contributed by atoms with Gasteiger partial charge in [-0.1, -0.05) is 24.3 Å². The minimum absolute atomic E-state index is 0.0103. The fraction of sp³-hybridized carbons (Fsp3) is 0.364. The summed E-state index contributed by atoms with van der Waals surface area (Å²) in [4.78, 5) is 2.13. The number of hydrogen-bond acceptors (Lipinski definition) is 5. The van der Waals surface area contributed by atoms with E-state index < -0.39 is 15.8 Å². The zero-order valence-electron chi connectivity index (χ0n) is 17.5. The lowest BCUT2D eigenvalue weighted by atomic mass is 10.3. The van der Waals surface area contributed by atoms with Crippen molar-refractivity contribution in [2.24, 2.45) is 0 Å². The summed E-state index contributed by atoms with van der Waals surface area (Å²) in [6, 6.07) is 15.2. The summed E-state index contributed by atoms with van der Waals surface area (Å²) in [5.74, 6) is 0.875. The van der Waals surface area contributed by atoms with E-state index in [0.29, 0.717) is 43.5 Å². The molecule has 2 heterocycles. The van der Waals surface area contributed by atoms with E-state index in [2.05, 4.69) is 9.47 Å². The fourth-order valence-electron chi connectivity index (χ4n) is 4.02. The molecule has 1 aromatic heterocycles. The normalized spacial score (nSPS) is 18.2. The SMILES string of the molecule is O=S(=O)(c1cccc(F)c1)N1CCN(Cn2nc(C3CC3)n(-c3ccccc3)c2=S)CC1. The maximum atomic E-state index is 13.5. The van der Waals surface area contributed by atoms with E-state index in [1.165, 1.54) is 22.5 Å². The fourth-order valence-corrected chi connectivity index (χ4v) is 5.77. The molecule has 1 saturated carbocycles. The Bertz CT molecular complexity index is 1280. The Balaban J connectivity index is 1.31. The summed E-state index contributed by atoms with van der Waals surface area (Å²) in [5, 5.41) is 4.83. The Hall–Kier alpha value is -2.40. The molecule has 168 valence electrons. The lowest BCUT2D eigenvalue weighted by Gasteiger charge is -2.33. The van der Waals surface area contributed by atoms with Crippen molar-refractivity contribution >= 4 is 22.2 Å². The quantitative estimate of drug-likeness (QED) is 0.514. The minimum Gasteiger partial charge on any atom is -0.282 e. The number of halogens is 1. The number of hydrogen-bond donors (Lipinski definition) is 0. The average Bonchev–Trinajstić information content (AvgIpc) is 3.59. The number of aromatic nitrogens is 3. The Labute approximate surface area is 191 Å². The van der Waals surface area contributed by atoms with Gasteiger partial charge in [0.2, 0.25) is 14.8 Å². The van der Waals surface area contributed by atoms with Crippen molar-refractivity contribution in [2.45, 2.75) is 30.3 Å². The molecule has 2 aliphatic rings. The molecule has 0 N–H and O–H groups in total. The second-order valence-corrected chi connectivity index (χ2v) is 10.5. The molecule has 7 nitrogen and oxygen atoms in total. The summed E-state index contributed by atoms with van der Waals surface area (Å²) in [6.45, 7) is 2.27. The van der Waals surface area contributed by atoms with Gasteiger partial charge in [-0.2, -0.15) is 9.40 Å². The number of piperazine rings is 1. The van der Waals surface area contributed by atoms with Gasteiger partial charge in [0.25, 0.3) is 0 Å². The van der Waals surface area contributed by atoms with Gasteiger partial charge in [-0.3, -0.25) is 9.47 Å². The highest BCUT2D eigenvalue weighted by atomic mass is 32.2. The van der Waals surface area contributed by atoms with E-state index in [4.69, 9.17) is 17.3 Å². The van der Waals surface area contributed by atoms with Gasteiger partial charge in [0.1, 0.15) is 11.6 Å². The van der Waals surface area contributed by atoms with Gasteiger partial charge in [0, 0.05) is 37.8 Å². The molecule has 2 aromatic carbocycles. The van der Waals surface area contributed by atoms with Gasteiger partial charge in [0.05, 0.1) is 11.6 Å². The van der Waals surface area contributed by atoms with Crippen LogP contribution in [0.2, 0.25) is 0 Å². The van der Waals surface area contributed by atoms with Crippen molar-refractivity contribution in [1.29, 1.82) is 0 Å². The number of sulfonamides is 1. The molecule has 0 amide bonds. The molecule has 2 fully saturated rings. The molecular formula is C22H24FN5O2S2. The highest BCUT2D eigenvalue weighted by Gasteiger charge is 2.32. The first-order valence-corrected chi connectivity index (χ1v) is 12.5. The highest BCUT2D eigenvalue weighted by molar-refractivity contribution is 7.89. The van der Waals surface area contributed by atoms with Crippen molar-refractivity contribution in [3.63, 3.8) is 0 Å². The Morgan fingerprint density at radius 3 is 2.38 bits per heavy atom. The van der Waals surface area contributed by atoms with E-state index >= 15 is 0 Å². The van der Waals surface area contributed by atoms with Crippen LogP contribution >= 0.6 is 12.2 Å². The molecule has 1 aliphatic heterocycles. The minimum atomic E-state index is -3.71. The van der Waals surface area contributed by atoms with Crippen LogP contribution < -0.4 is 0 Å². The highest BCUT2D eigenvalue weighted by Crippen LogP contribution is 2.40. The third-order valence-corrected chi connectivity index (χ3v) is 8.21. The Kier molecular flexibility index (Phi) is 5.70. The van der Waals surface area contributed by atoms with Crippen LogP contribution in [0.5, 0.6) is 0 Å². The number of para-hydroxylation sites is 1. The van der Waals surface area contributed by atoms with E-state index in [1.807, 2.05) is 35.0 Å². The van der Waals surface area contributed by atoms with E-state index in [-0.39, 0.29) is 4.90 Å². The third kappa shape index (κ3) is 4.15. The first-order valence-electron chi connectivity index (χ1n) is 10.7. The zero-order valence-corrected chi connectivity index (χ0v) is 19.1. The molecule has 1 saturated heterocycles. The molecule has 1 aliphatic carbocycles. The molecule has 32 heavy (non-hydrogen) atoms. The first-order chi connectivity index (χ1) is 15.4. The van der Waals surface area contributed by atoms with Crippen LogP contribution in [0, 0.1) is 10.6 Å². The van der Waals surface area contributed by atoms with Crippen molar-refractivity contribution in [3.05, 3.63) is 71.0 Å². The van der Waals surface area contributed by atoms with Crippen molar-refractivity contribution in [1.82, 2.24) is 23.6 Å². The molecule has 0 bridgehead atoms. The van der Waals surface area contributed by atoms with Gasteiger partial charge in [-0.25, -0.2) is 17.5 Å². The van der Waals surface area contributed by atoms with Crippen LogP contribution in [0.4, 0.5) is 4.39 Å². The Morgan fingerprint density at radius 1 is 1.00 bits per heavy atom. The topological polar surface area (TPSA) is 63.4 Å². The van der Waals surface area contributed by atoms with Crippen LogP contribution in [-0.4, -0.2) is 58.1 Å². The van der Waals surface area contributed by atoms with Crippen LogP contribution in [-0.2, 0) is 16.7 Å². The average molecular weight is 474 g/mol. The molecule has 0 atom stereocenters. The van der Waals surface area contributed by atoms with Gasteiger partial charge in [0.15, 0.2) is 0 Å². The summed E-state index contributed by atoms with van der Waals surface area (Å²) < 4.78 is 45.2. The van der Waals surface area contributed by atoms with E-state index in [0.717, 1.165) is 30.4 Å². The van der Waals surface area contributed by atoms with E-state index in [1.54, 1.807) is 0 Å². The largest absolute Gasteiger partial charge is 0.282 e. The molecule has 0 radical (unpaired) electrons. The first kappa shape index (κ1) is 21.4. The lowest BCUT2D eigenvalue weighted by Crippen LogP contribution is -2.48. The van der Waals surface area contributed by atoms with Crippen molar-refractivity contribution < 1.29 is 12.8 Å². The monoisotopic (exact) mass is 473 g/mol. The molecule has 0 spiro atoms. The van der Waals surface area contributed by atoms with Crippen LogP contribution in [0.1, 0.15) is 24.6 Å². The van der Waals surface area contributed by atoms with E-state index in [9.17, 15) is 12.8 Å². The maximum absolute atomic E-state index is 13.5. The van der Waals surface area contributed by atoms with Crippen molar-refractivity contribution in [2.75, 3.05) is 26.2 Å². The summed E-state index contributed by atoms with van der Waals surface area (Å²) in [7, 11) is -3.71. The molecule has 5 rings (SSSR count). The predicted molar refractivity (Wildman–Crippen MR) is 121 cm³/mol. The summed E-state index contributed by atoms with van der Waals surface area (Å²) in [5.41, 5.74) is 1.01. The number of nitrogens with zero attached hydrogens (tertiary/aromatic N) is 5. The van der Waals surface area contributed by atoms with Gasteiger partial charge < -0.3 is 0 Å². The van der Waals surface area contributed by atoms with Crippen LogP contribution in [0.25, 0.3) is 5.69 Å². The zero-order chi connectivity index (χ0) is 22.3. The molecule has 3 aromatic rings. The number of rotatable bonds is 6. The second kappa shape index (κ2) is 8.51. The molecular weight excluding hydrogens is 449 g/mol. The Morgan fingerprint density at radius 2 is 1.72 bits per heavy atom. The predicted octanol–water partition coefficient (Wildman–Crippen LogP) is 3.38. The summed E-state index contributed by atoms with van der Waals surface area (Å²) in [6.07, 6.45) is 2.24. The lowest BCUT2D eigenvalue weighted by molar-refractivity contribution is 0.144. The second-order valence-electron chi connectivity index (χ2n) is 8.21. The standard InChI is InChI=1S/C22H24FN5O2S2/c23-18-5-4-8-20(15-18)32(29,30)26-13-11-25(12-14-26)16-27-22(31)28(19-6-2-1-3-7-19)21(24-27)17-9-10-17/h1-8,15,17H,9-14,16H2. The van der Waals surface area contributed by atoms with Gasteiger partial charge in [-0.05, 0) is 55.4 Å². The van der Waals surface area contributed by atoms with Gasteiger partial charge >= 0.3 is 0 Å². The number of benzene rings is 2. The van der Waals surface area contributed by atoms with Crippen LogP contribution in [0.3, 0.4) is 0 Å². The third-order valence-electron chi connectivity index (χ3n) is 5.92. The maximum Gasteiger partial charge on any atom is 0.243 e. The molecule has 0 unspecified atom stereocenters. The van der Waals surface area contributed by atoms with Crippen molar-refractivity contribution in [3.8, 4) is 5.69 Å².